The minimum Gasteiger partial charge on any atom is -0.493 e. The molecule has 1 aromatic rings. The molecule has 0 aliphatic carbocycles. The van der Waals surface area contributed by atoms with Gasteiger partial charge in [0.15, 0.2) is 11.5 Å². The van der Waals surface area contributed by atoms with Crippen molar-refractivity contribution in [3.8, 4) is 17.2 Å². The number of rotatable bonds is 7. The van der Waals surface area contributed by atoms with Crippen LogP contribution in [-0.4, -0.2) is 33.9 Å². The van der Waals surface area contributed by atoms with Gasteiger partial charge in [0.2, 0.25) is 0 Å². The minimum absolute atomic E-state index is 0.292. The molecule has 0 aromatic heterocycles. The SMILES string of the molecule is COCCCC(=O)Oc1ccc(OC)c(OC)c1. The molecule has 0 saturated carbocycles. The molecule has 0 fully saturated rings. The molecule has 18 heavy (non-hydrogen) atoms. The lowest BCUT2D eigenvalue weighted by Gasteiger charge is -2.09. The van der Waals surface area contributed by atoms with Gasteiger partial charge in [-0.1, -0.05) is 0 Å². The van der Waals surface area contributed by atoms with Gasteiger partial charge in [-0.25, -0.2) is 0 Å². The molecule has 100 valence electrons. The predicted molar refractivity (Wildman–Crippen MR) is 66.3 cm³/mol. The Bertz CT molecular complexity index is 389. The summed E-state index contributed by atoms with van der Waals surface area (Å²) in [5.74, 6) is 1.27. The Morgan fingerprint density at radius 3 is 2.44 bits per heavy atom. The van der Waals surface area contributed by atoms with Crippen molar-refractivity contribution in [1.82, 2.24) is 0 Å². The fourth-order valence-corrected chi connectivity index (χ4v) is 1.42. The molecule has 0 saturated heterocycles. The summed E-state index contributed by atoms with van der Waals surface area (Å²) in [6.45, 7) is 0.543. The second-order valence-corrected chi connectivity index (χ2v) is 3.59. The van der Waals surface area contributed by atoms with Gasteiger partial charge in [-0.3, -0.25) is 4.79 Å². The molecule has 0 spiro atoms. The Hall–Kier alpha value is -1.75. The molecule has 1 rings (SSSR count). The summed E-state index contributed by atoms with van der Waals surface area (Å²) >= 11 is 0. The second-order valence-electron chi connectivity index (χ2n) is 3.59. The average Bonchev–Trinajstić information content (AvgIpc) is 2.39. The van der Waals surface area contributed by atoms with Crippen LogP contribution in [0.25, 0.3) is 0 Å². The van der Waals surface area contributed by atoms with Crippen LogP contribution < -0.4 is 14.2 Å². The van der Waals surface area contributed by atoms with Crippen LogP contribution in [0.15, 0.2) is 18.2 Å². The van der Waals surface area contributed by atoms with Crippen LogP contribution in [0.5, 0.6) is 17.2 Å². The smallest absolute Gasteiger partial charge is 0.311 e. The Kier molecular flexibility index (Phi) is 6.00. The maximum Gasteiger partial charge on any atom is 0.311 e. The molecule has 0 atom stereocenters. The van der Waals surface area contributed by atoms with E-state index in [1.807, 2.05) is 0 Å². The van der Waals surface area contributed by atoms with Crippen LogP contribution in [-0.2, 0) is 9.53 Å². The van der Waals surface area contributed by atoms with Gasteiger partial charge in [0.05, 0.1) is 14.2 Å². The van der Waals surface area contributed by atoms with E-state index in [4.69, 9.17) is 18.9 Å². The van der Waals surface area contributed by atoms with Gasteiger partial charge in [0, 0.05) is 26.2 Å². The van der Waals surface area contributed by atoms with E-state index in [1.165, 1.54) is 7.11 Å². The lowest BCUT2D eigenvalue weighted by Crippen LogP contribution is -2.08. The molecular weight excluding hydrogens is 236 g/mol. The Morgan fingerprint density at radius 1 is 1.11 bits per heavy atom. The van der Waals surface area contributed by atoms with Gasteiger partial charge in [-0.2, -0.15) is 0 Å². The molecule has 1 aromatic carbocycles. The Balaban J connectivity index is 2.59. The summed E-state index contributed by atoms with van der Waals surface area (Å²) in [4.78, 5) is 11.5. The van der Waals surface area contributed by atoms with Crippen LogP contribution in [0.1, 0.15) is 12.8 Å². The van der Waals surface area contributed by atoms with Crippen LogP contribution >= 0.6 is 0 Å². The zero-order chi connectivity index (χ0) is 13.4. The summed E-state index contributed by atoms with van der Waals surface area (Å²) in [6.07, 6.45) is 0.963. The number of esters is 1. The number of methoxy groups -OCH3 is 3. The molecular formula is C13H18O5. The summed E-state index contributed by atoms with van der Waals surface area (Å²) in [7, 11) is 4.68. The Labute approximate surface area is 107 Å². The highest BCUT2D eigenvalue weighted by atomic mass is 16.5. The first-order valence-corrected chi connectivity index (χ1v) is 5.63. The highest BCUT2D eigenvalue weighted by Gasteiger charge is 2.09. The molecule has 0 amide bonds. The van der Waals surface area contributed by atoms with Gasteiger partial charge in [-0.15, -0.1) is 0 Å². The van der Waals surface area contributed by atoms with Crippen molar-refractivity contribution in [2.45, 2.75) is 12.8 Å². The van der Waals surface area contributed by atoms with Crippen molar-refractivity contribution in [1.29, 1.82) is 0 Å². The summed E-state index contributed by atoms with van der Waals surface area (Å²) in [5.41, 5.74) is 0. The quantitative estimate of drug-likeness (QED) is 0.423. The third-order valence-corrected chi connectivity index (χ3v) is 2.32. The van der Waals surface area contributed by atoms with Crippen LogP contribution in [0.2, 0.25) is 0 Å². The average molecular weight is 254 g/mol. The van der Waals surface area contributed by atoms with Crippen molar-refractivity contribution >= 4 is 5.97 Å². The van der Waals surface area contributed by atoms with Gasteiger partial charge in [0.25, 0.3) is 0 Å². The summed E-state index contributed by atoms with van der Waals surface area (Å²) in [6, 6.07) is 4.97. The van der Waals surface area contributed by atoms with Gasteiger partial charge >= 0.3 is 5.97 Å². The third-order valence-electron chi connectivity index (χ3n) is 2.32. The van der Waals surface area contributed by atoms with E-state index in [-0.39, 0.29) is 5.97 Å². The number of benzene rings is 1. The molecule has 0 radical (unpaired) electrons. The van der Waals surface area contributed by atoms with E-state index >= 15 is 0 Å². The highest BCUT2D eigenvalue weighted by molar-refractivity contribution is 5.72. The standard InChI is InChI=1S/C13H18O5/c1-15-8-4-5-13(14)18-10-6-7-11(16-2)12(9-10)17-3/h6-7,9H,4-5,8H2,1-3H3. The summed E-state index contributed by atoms with van der Waals surface area (Å²) < 4.78 is 20.3. The lowest BCUT2D eigenvalue weighted by molar-refractivity contribution is -0.134. The maximum atomic E-state index is 11.5. The first-order valence-electron chi connectivity index (χ1n) is 5.63. The molecule has 0 aliphatic heterocycles. The normalized spacial score (nSPS) is 9.94. The van der Waals surface area contributed by atoms with Gasteiger partial charge < -0.3 is 18.9 Å². The van der Waals surface area contributed by atoms with Crippen LogP contribution in [0, 0.1) is 0 Å². The molecule has 0 bridgehead atoms. The zero-order valence-electron chi connectivity index (χ0n) is 10.9. The predicted octanol–water partition coefficient (Wildman–Crippen LogP) is 2.04. The van der Waals surface area contributed by atoms with Crippen molar-refractivity contribution in [3.63, 3.8) is 0 Å². The number of ether oxygens (including phenoxy) is 4. The number of hydrogen-bond donors (Lipinski definition) is 0. The van der Waals surface area contributed by atoms with E-state index in [0.717, 1.165) is 0 Å². The number of carbonyl (C=O) groups excluding carboxylic acids is 1. The van der Waals surface area contributed by atoms with E-state index in [1.54, 1.807) is 32.4 Å². The maximum absolute atomic E-state index is 11.5. The van der Waals surface area contributed by atoms with E-state index in [9.17, 15) is 4.79 Å². The fourth-order valence-electron chi connectivity index (χ4n) is 1.42. The first kappa shape index (κ1) is 14.3. The zero-order valence-corrected chi connectivity index (χ0v) is 10.9. The molecule has 0 unspecified atom stereocenters. The fraction of sp³-hybridized carbons (Fsp3) is 0.462. The first-order chi connectivity index (χ1) is 8.71. The highest BCUT2D eigenvalue weighted by Crippen LogP contribution is 2.30. The summed E-state index contributed by atoms with van der Waals surface area (Å²) in [5, 5.41) is 0. The van der Waals surface area contributed by atoms with E-state index < -0.39 is 0 Å². The lowest BCUT2D eigenvalue weighted by atomic mass is 10.3. The van der Waals surface area contributed by atoms with Crippen molar-refractivity contribution in [2.75, 3.05) is 27.9 Å². The second kappa shape index (κ2) is 7.55. The third kappa shape index (κ3) is 4.25. The van der Waals surface area contributed by atoms with Crippen molar-refractivity contribution < 1.29 is 23.7 Å². The monoisotopic (exact) mass is 254 g/mol. The Morgan fingerprint density at radius 2 is 1.83 bits per heavy atom. The van der Waals surface area contributed by atoms with E-state index in [0.29, 0.717) is 36.7 Å². The van der Waals surface area contributed by atoms with Crippen LogP contribution in [0.4, 0.5) is 0 Å². The van der Waals surface area contributed by atoms with Crippen LogP contribution in [0.3, 0.4) is 0 Å². The van der Waals surface area contributed by atoms with Crippen molar-refractivity contribution in [3.05, 3.63) is 18.2 Å². The molecule has 0 heterocycles. The van der Waals surface area contributed by atoms with Gasteiger partial charge in [-0.05, 0) is 18.6 Å². The molecule has 5 heteroatoms. The number of hydrogen-bond acceptors (Lipinski definition) is 5. The molecule has 5 nitrogen and oxygen atoms in total. The molecule has 0 aliphatic rings. The largest absolute Gasteiger partial charge is 0.493 e. The molecule has 0 N–H and O–H groups in total. The van der Waals surface area contributed by atoms with E-state index in [2.05, 4.69) is 0 Å². The minimum atomic E-state index is -0.292. The number of carbonyl (C=O) groups is 1. The van der Waals surface area contributed by atoms with Crippen molar-refractivity contribution in [2.24, 2.45) is 0 Å². The van der Waals surface area contributed by atoms with Gasteiger partial charge in [0.1, 0.15) is 5.75 Å². The topological polar surface area (TPSA) is 54.0 Å².